The normalized spacial score (nSPS) is 9.21. The molecule has 0 fully saturated rings. The van der Waals surface area contributed by atoms with Crippen LogP contribution in [0.1, 0.15) is 55.9 Å². The third-order valence-electron chi connectivity index (χ3n) is 1.81. The summed E-state index contributed by atoms with van der Waals surface area (Å²) in [7, 11) is 0. The summed E-state index contributed by atoms with van der Waals surface area (Å²) in [5, 5.41) is 0. The van der Waals surface area contributed by atoms with Crippen LogP contribution in [0.25, 0.3) is 0 Å². The van der Waals surface area contributed by atoms with E-state index in [1.807, 2.05) is 41.5 Å². The summed E-state index contributed by atoms with van der Waals surface area (Å²) >= 11 is 0. The molecule has 0 aromatic rings. The molecule has 111 valence electrons. The Bertz CT molecular complexity index is 344. The van der Waals surface area contributed by atoms with E-state index in [0.717, 1.165) is 6.08 Å². The molecule has 0 atom stereocenters. The zero-order valence-electron chi connectivity index (χ0n) is 12.3. The van der Waals surface area contributed by atoms with Crippen LogP contribution in [0, 0.1) is 29.2 Å². The van der Waals surface area contributed by atoms with Crippen molar-refractivity contribution in [2.75, 3.05) is 0 Å². The van der Waals surface area contributed by atoms with Gasteiger partial charge < -0.3 is 4.79 Å². The Morgan fingerprint density at radius 3 is 1.42 bits per heavy atom. The molecule has 0 bridgehead atoms. The van der Waals surface area contributed by atoms with Crippen molar-refractivity contribution in [3.05, 3.63) is 12.7 Å². The largest absolute Gasteiger partial charge is 0.406 e. The van der Waals surface area contributed by atoms with Gasteiger partial charge in [0.1, 0.15) is 0 Å². The van der Waals surface area contributed by atoms with E-state index in [9.17, 15) is 9.59 Å². The molecule has 0 aliphatic carbocycles. The molecule has 0 aliphatic rings. The van der Waals surface area contributed by atoms with Gasteiger partial charge in [0.25, 0.3) is 0 Å². The van der Waals surface area contributed by atoms with Crippen LogP contribution in [0.2, 0.25) is 0 Å². The van der Waals surface area contributed by atoms with Gasteiger partial charge in [-0.3, -0.25) is 11.4 Å². The summed E-state index contributed by atoms with van der Waals surface area (Å²) in [6.07, 6.45) is 1.11. The Hall–Kier alpha value is -0.698. The van der Waals surface area contributed by atoms with Crippen molar-refractivity contribution in [3.8, 4) is 11.8 Å². The van der Waals surface area contributed by atoms with Gasteiger partial charge in [0, 0.05) is 31.6 Å². The standard InChI is InChI=1S/C8H12O.C7H11O.CH4.Re/c1-5-6-7(9)8(2,3)4;1-5-6(8)7(2,3)4;;/h1-4H3;1,5H,2-4H3;1H4;/q;-1;;. The Labute approximate surface area is 133 Å². The van der Waals surface area contributed by atoms with Gasteiger partial charge in [-0.1, -0.05) is 54.9 Å². The minimum atomic E-state index is -0.311. The number of carbonyl (C=O) groups is 2. The first-order chi connectivity index (χ1) is 7.46. The second-order valence-electron chi connectivity index (χ2n) is 5.74. The molecule has 0 rings (SSSR count). The molecule has 0 heterocycles. The maximum absolute atomic E-state index is 10.9. The Kier molecular flexibility index (Phi) is 15.7. The van der Waals surface area contributed by atoms with Gasteiger partial charge in [-0.25, -0.2) is 0 Å². The molecule has 19 heavy (non-hydrogen) atoms. The number of hydrogen-bond donors (Lipinski definition) is 0. The van der Waals surface area contributed by atoms with Gasteiger partial charge in [0.2, 0.25) is 5.78 Å². The van der Waals surface area contributed by atoms with Crippen molar-refractivity contribution in [1.29, 1.82) is 0 Å². The number of rotatable bonds is 1. The number of carbonyl (C=O) groups excluding carboxylic acids is 2. The van der Waals surface area contributed by atoms with E-state index >= 15 is 0 Å². The van der Waals surface area contributed by atoms with Gasteiger partial charge in [0.05, 0.1) is 0 Å². The zero-order valence-corrected chi connectivity index (χ0v) is 15.1. The molecule has 0 spiro atoms. The zero-order chi connectivity index (χ0) is 14.3. The first-order valence-electron chi connectivity index (χ1n) is 5.53. The van der Waals surface area contributed by atoms with Crippen molar-refractivity contribution < 1.29 is 30.0 Å². The van der Waals surface area contributed by atoms with Gasteiger partial charge in [-0.15, -0.1) is 0 Å². The summed E-state index contributed by atoms with van der Waals surface area (Å²) < 4.78 is 0. The minimum absolute atomic E-state index is 0. The second kappa shape index (κ2) is 11.2. The van der Waals surface area contributed by atoms with E-state index in [4.69, 9.17) is 6.58 Å². The summed E-state index contributed by atoms with van der Waals surface area (Å²) in [4.78, 5) is 21.5. The molecule has 3 heteroatoms. The van der Waals surface area contributed by atoms with Crippen LogP contribution in [-0.2, 0) is 30.0 Å². The molecule has 0 N–H and O–H groups in total. The van der Waals surface area contributed by atoms with E-state index in [1.165, 1.54) is 0 Å². The second-order valence-corrected chi connectivity index (χ2v) is 5.74. The maximum Gasteiger partial charge on any atom is 0.210 e. The molecule has 0 saturated carbocycles. The monoisotopic (exact) mass is 438 g/mol. The first kappa shape index (κ1) is 26.8. The van der Waals surface area contributed by atoms with Crippen molar-refractivity contribution in [3.63, 3.8) is 0 Å². The molecule has 2 nitrogen and oxygen atoms in total. The SMILES string of the molecule is C.CC#CC(=O)C(C)(C)C.[CH-]=CC(=O)C(C)(C)C.[Re]. The molecular formula is C16H27O2Re-. The van der Waals surface area contributed by atoms with Crippen LogP contribution in [0.3, 0.4) is 0 Å². The molecular weight excluding hydrogens is 410 g/mol. The fourth-order valence-corrected chi connectivity index (χ4v) is 0.551. The van der Waals surface area contributed by atoms with Gasteiger partial charge in [-0.05, 0) is 18.3 Å². The molecule has 0 saturated heterocycles. The number of ketones is 2. The Balaban J connectivity index is -0.000000108. The molecule has 0 aromatic heterocycles. The fraction of sp³-hybridized carbons (Fsp3) is 0.625. The summed E-state index contributed by atoms with van der Waals surface area (Å²) in [6.45, 7) is 17.7. The molecule has 0 aliphatic heterocycles. The fourth-order valence-electron chi connectivity index (χ4n) is 0.551. The third-order valence-corrected chi connectivity index (χ3v) is 1.81. The van der Waals surface area contributed by atoms with Crippen LogP contribution in [-0.4, -0.2) is 11.6 Å². The predicted molar refractivity (Wildman–Crippen MR) is 78.0 cm³/mol. The molecule has 1 radical (unpaired) electrons. The van der Waals surface area contributed by atoms with Crippen LogP contribution in [0.15, 0.2) is 6.08 Å². The predicted octanol–water partition coefficient (Wildman–Crippen LogP) is 3.85. The van der Waals surface area contributed by atoms with Crippen molar-refractivity contribution in [2.45, 2.75) is 55.9 Å². The number of hydrogen-bond acceptors (Lipinski definition) is 2. The van der Waals surface area contributed by atoms with Crippen LogP contribution in [0.4, 0.5) is 0 Å². The van der Waals surface area contributed by atoms with Crippen molar-refractivity contribution in [1.82, 2.24) is 0 Å². The average Bonchev–Trinajstić information content (AvgIpc) is 2.15. The quantitative estimate of drug-likeness (QED) is 0.270. The maximum atomic E-state index is 10.9. The molecule has 0 amide bonds. The Morgan fingerprint density at radius 1 is 1.00 bits per heavy atom. The van der Waals surface area contributed by atoms with E-state index in [0.29, 0.717) is 0 Å². The van der Waals surface area contributed by atoms with Crippen LogP contribution >= 0.6 is 0 Å². The van der Waals surface area contributed by atoms with Crippen molar-refractivity contribution >= 4 is 11.6 Å². The van der Waals surface area contributed by atoms with E-state index < -0.39 is 0 Å². The van der Waals surface area contributed by atoms with Crippen molar-refractivity contribution in [2.24, 2.45) is 10.8 Å². The van der Waals surface area contributed by atoms with E-state index in [1.54, 1.807) is 6.92 Å². The summed E-state index contributed by atoms with van der Waals surface area (Å²) in [5.74, 6) is 5.06. The van der Waals surface area contributed by atoms with Gasteiger partial charge >= 0.3 is 0 Å². The topological polar surface area (TPSA) is 34.1 Å². The minimum Gasteiger partial charge on any atom is -0.406 e. The van der Waals surface area contributed by atoms with Gasteiger partial charge in [0.15, 0.2) is 0 Å². The average molecular weight is 438 g/mol. The molecule has 0 unspecified atom stereocenters. The van der Waals surface area contributed by atoms with E-state index in [-0.39, 0.29) is 50.2 Å². The van der Waals surface area contributed by atoms with Gasteiger partial charge in [-0.2, -0.15) is 6.08 Å². The summed E-state index contributed by atoms with van der Waals surface area (Å²) in [5.41, 5.74) is -0.613. The summed E-state index contributed by atoms with van der Waals surface area (Å²) in [6, 6.07) is 0. The third kappa shape index (κ3) is 15.2. The smallest absolute Gasteiger partial charge is 0.210 e. The number of Topliss-reactive ketones (excluding diaryl/α,β-unsaturated/α-hetero) is 1. The van der Waals surface area contributed by atoms with Crippen LogP contribution in [0.5, 0.6) is 0 Å². The molecule has 0 aromatic carbocycles. The number of allylic oxidation sites excluding steroid dienone is 1. The Morgan fingerprint density at radius 2 is 1.37 bits per heavy atom. The van der Waals surface area contributed by atoms with E-state index in [2.05, 4.69) is 11.8 Å². The van der Waals surface area contributed by atoms with Crippen LogP contribution < -0.4 is 0 Å². The first-order valence-corrected chi connectivity index (χ1v) is 5.53.